The molecule has 0 amide bonds. The average Bonchev–Trinajstić information content (AvgIpc) is 2.86. The summed E-state index contributed by atoms with van der Waals surface area (Å²) in [5.74, 6) is 0.473. The molecule has 0 unspecified atom stereocenters. The highest BCUT2D eigenvalue weighted by molar-refractivity contribution is 6.07. The van der Waals surface area contributed by atoms with Crippen molar-refractivity contribution in [2.75, 3.05) is 13.1 Å². The molecule has 5 heteroatoms. The Morgan fingerprint density at radius 3 is 2.78 bits per heavy atom. The first-order valence-electron chi connectivity index (χ1n) is 5.71. The van der Waals surface area contributed by atoms with Gasteiger partial charge in [0.05, 0.1) is 17.0 Å². The predicted octanol–water partition coefficient (Wildman–Crippen LogP) is 1.92. The molecular weight excluding hydrogens is 230 g/mol. The highest BCUT2D eigenvalue weighted by Crippen LogP contribution is 2.28. The molecule has 0 radical (unpaired) electrons. The van der Waals surface area contributed by atoms with Crippen molar-refractivity contribution in [1.82, 2.24) is 4.90 Å². The first kappa shape index (κ1) is 10.7. The van der Waals surface area contributed by atoms with Crippen LogP contribution in [0, 0.1) is 10.1 Å². The van der Waals surface area contributed by atoms with Crippen LogP contribution in [-0.4, -0.2) is 28.7 Å². The normalized spacial score (nSPS) is 17.8. The molecule has 0 saturated heterocycles. The molecule has 3 rings (SSSR count). The number of nitrogens with zero attached hydrogens (tertiary/aromatic N) is 3. The maximum absolute atomic E-state index is 11.3. The average molecular weight is 241 g/mol. The third kappa shape index (κ3) is 1.60. The molecule has 0 aliphatic carbocycles. The number of nitro groups is 1. The highest BCUT2D eigenvalue weighted by atomic mass is 16.6. The number of hydrogen-bond donors (Lipinski definition) is 0. The quantitative estimate of drug-likeness (QED) is 0.587. The number of benzene rings is 1. The molecule has 0 fully saturated rings. The van der Waals surface area contributed by atoms with Gasteiger partial charge in [0.15, 0.2) is 0 Å². The Morgan fingerprint density at radius 2 is 2.06 bits per heavy atom. The van der Waals surface area contributed by atoms with Crippen LogP contribution in [0.5, 0.6) is 0 Å². The molecule has 1 aromatic rings. The van der Waals surface area contributed by atoms with Gasteiger partial charge in [0.25, 0.3) is 0 Å². The smallest absolute Gasteiger partial charge is 0.319 e. The second-order valence-corrected chi connectivity index (χ2v) is 4.10. The van der Waals surface area contributed by atoms with Crippen molar-refractivity contribution in [3.8, 4) is 0 Å². The van der Waals surface area contributed by atoms with Crippen LogP contribution in [0.15, 0.2) is 53.3 Å². The van der Waals surface area contributed by atoms with Crippen LogP contribution in [-0.2, 0) is 0 Å². The minimum absolute atomic E-state index is 0.0983. The van der Waals surface area contributed by atoms with E-state index >= 15 is 0 Å². The largest absolute Gasteiger partial charge is 0.326 e. The maximum atomic E-state index is 11.3. The molecule has 0 bridgehead atoms. The summed E-state index contributed by atoms with van der Waals surface area (Å²) in [4.78, 5) is 17.0. The Balaban J connectivity index is 2.18. The number of allylic oxidation sites excluding steroid dienone is 2. The standard InChI is InChI=1S/C13H11N3O2/c17-16(18)12-11(10-4-2-1-3-5-10)6-8-15-9-7-14-13(12)15/h1-6,8H,7,9H2. The van der Waals surface area contributed by atoms with Crippen LogP contribution in [0.3, 0.4) is 0 Å². The molecule has 0 N–H and O–H groups in total. The van der Waals surface area contributed by atoms with E-state index in [0.717, 1.165) is 5.56 Å². The predicted molar refractivity (Wildman–Crippen MR) is 68.5 cm³/mol. The minimum atomic E-state index is -0.344. The van der Waals surface area contributed by atoms with Crippen molar-refractivity contribution in [2.45, 2.75) is 0 Å². The summed E-state index contributed by atoms with van der Waals surface area (Å²) in [6.45, 7) is 1.32. The number of fused-ring (bicyclic) bond motifs is 1. The summed E-state index contributed by atoms with van der Waals surface area (Å²) in [6, 6.07) is 9.37. The van der Waals surface area contributed by atoms with E-state index in [9.17, 15) is 10.1 Å². The first-order valence-corrected chi connectivity index (χ1v) is 5.71. The summed E-state index contributed by atoms with van der Waals surface area (Å²) < 4.78 is 0. The van der Waals surface area contributed by atoms with Gasteiger partial charge in [-0.1, -0.05) is 30.3 Å². The SMILES string of the molecule is O=[N+]([O-])C1=C(c2ccccc2)C=CN2CCN=C12. The zero-order valence-electron chi connectivity index (χ0n) is 9.61. The second-order valence-electron chi connectivity index (χ2n) is 4.10. The zero-order chi connectivity index (χ0) is 12.5. The van der Waals surface area contributed by atoms with E-state index in [2.05, 4.69) is 4.99 Å². The van der Waals surface area contributed by atoms with Crippen molar-refractivity contribution in [3.63, 3.8) is 0 Å². The van der Waals surface area contributed by atoms with Crippen LogP contribution < -0.4 is 0 Å². The molecule has 0 spiro atoms. The third-order valence-electron chi connectivity index (χ3n) is 3.03. The number of rotatable bonds is 2. The van der Waals surface area contributed by atoms with Gasteiger partial charge in [0.2, 0.25) is 5.84 Å². The molecule has 2 aliphatic heterocycles. The second kappa shape index (κ2) is 4.10. The maximum Gasteiger partial charge on any atom is 0.319 e. The number of amidine groups is 1. The summed E-state index contributed by atoms with van der Waals surface area (Å²) in [6.07, 6.45) is 3.65. The Labute approximate surface area is 104 Å². The summed E-state index contributed by atoms with van der Waals surface area (Å²) in [5.41, 5.74) is 1.56. The lowest BCUT2D eigenvalue weighted by molar-refractivity contribution is -0.414. The monoisotopic (exact) mass is 241 g/mol. The molecule has 1 aromatic carbocycles. The van der Waals surface area contributed by atoms with Gasteiger partial charge in [-0.15, -0.1) is 0 Å². The van der Waals surface area contributed by atoms with E-state index in [1.54, 1.807) is 6.08 Å². The molecular formula is C13H11N3O2. The lowest BCUT2D eigenvalue weighted by atomic mass is 10.0. The minimum Gasteiger partial charge on any atom is -0.326 e. The van der Waals surface area contributed by atoms with Crippen LogP contribution in [0.25, 0.3) is 5.57 Å². The van der Waals surface area contributed by atoms with Crippen LogP contribution in [0.2, 0.25) is 0 Å². The summed E-state index contributed by atoms with van der Waals surface area (Å²) >= 11 is 0. The zero-order valence-corrected chi connectivity index (χ0v) is 9.61. The number of aliphatic imine (C=N–C) groups is 1. The van der Waals surface area contributed by atoms with Gasteiger partial charge in [0, 0.05) is 12.7 Å². The topological polar surface area (TPSA) is 58.7 Å². The van der Waals surface area contributed by atoms with Gasteiger partial charge < -0.3 is 4.90 Å². The van der Waals surface area contributed by atoms with E-state index in [4.69, 9.17) is 0 Å². The van der Waals surface area contributed by atoms with E-state index < -0.39 is 0 Å². The third-order valence-corrected chi connectivity index (χ3v) is 3.03. The lowest BCUT2D eigenvalue weighted by Gasteiger charge is -2.19. The number of hydrogen-bond acceptors (Lipinski definition) is 4. The van der Waals surface area contributed by atoms with E-state index in [1.807, 2.05) is 41.4 Å². The summed E-state index contributed by atoms with van der Waals surface area (Å²) in [7, 11) is 0. The Kier molecular flexibility index (Phi) is 2.44. The van der Waals surface area contributed by atoms with Gasteiger partial charge in [-0.25, -0.2) is 0 Å². The molecule has 2 aliphatic rings. The Bertz CT molecular complexity index is 588. The van der Waals surface area contributed by atoms with Gasteiger partial charge in [-0.2, -0.15) is 0 Å². The van der Waals surface area contributed by atoms with Gasteiger partial charge in [-0.05, 0) is 11.6 Å². The molecule has 0 aromatic heterocycles. The first-order chi connectivity index (χ1) is 8.77. The van der Waals surface area contributed by atoms with Crippen molar-refractivity contribution in [3.05, 3.63) is 64.0 Å². The Hall–Kier alpha value is -2.43. The van der Waals surface area contributed by atoms with E-state index in [-0.39, 0.29) is 10.6 Å². The molecule has 5 nitrogen and oxygen atoms in total. The van der Waals surface area contributed by atoms with Crippen molar-refractivity contribution in [1.29, 1.82) is 0 Å². The molecule has 0 saturated carbocycles. The van der Waals surface area contributed by atoms with Crippen molar-refractivity contribution >= 4 is 11.4 Å². The molecule has 0 atom stereocenters. The fourth-order valence-electron chi connectivity index (χ4n) is 2.21. The summed E-state index contributed by atoms with van der Waals surface area (Å²) in [5, 5.41) is 11.3. The van der Waals surface area contributed by atoms with Gasteiger partial charge in [0.1, 0.15) is 0 Å². The molecule has 18 heavy (non-hydrogen) atoms. The Morgan fingerprint density at radius 1 is 1.28 bits per heavy atom. The van der Waals surface area contributed by atoms with E-state index in [1.165, 1.54) is 0 Å². The molecule has 2 heterocycles. The lowest BCUT2D eigenvalue weighted by Crippen LogP contribution is -2.29. The van der Waals surface area contributed by atoms with Crippen molar-refractivity contribution < 1.29 is 4.92 Å². The van der Waals surface area contributed by atoms with Gasteiger partial charge in [-0.3, -0.25) is 15.1 Å². The van der Waals surface area contributed by atoms with Crippen LogP contribution in [0.4, 0.5) is 0 Å². The molecule has 90 valence electrons. The fraction of sp³-hybridized carbons (Fsp3) is 0.154. The van der Waals surface area contributed by atoms with Crippen LogP contribution in [0.1, 0.15) is 5.56 Å². The highest BCUT2D eigenvalue weighted by Gasteiger charge is 2.33. The van der Waals surface area contributed by atoms with Gasteiger partial charge >= 0.3 is 5.70 Å². The van der Waals surface area contributed by atoms with Crippen LogP contribution >= 0.6 is 0 Å². The van der Waals surface area contributed by atoms with Crippen molar-refractivity contribution in [2.24, 2.45) is 4.99 Å². The fourth-order valence-corrected chi connectivity index (χ4v) is 2.21. The van der Waals surface area contributed by atoms with E-state index in [0.29, 0.717) is 24.5 Å².